The smallest absolute Gasteiger partial charge is 0.294 e. The third-order valence-corrected chi connectivity index (χ3v) is 4.56. The van der Waals surface area contributed by atoms with E-state index in [-0.39, 0.29) is 16.3 Å². The van der Waals surface area contributed by atoms with Gasteiger partial charge >= 0.3 is 0 Å². The van der Waals surface area contributed by atoms with Gasteiger partial charge in [-0.05, 0) is 42.0 Å². The Kier molecular flexibility index (Phi) is 4.52. The second-order valence-corrected chi connectivity index (χ2v) is 7.32. The van der Waals surface area contributed by atoms with Crippen LogP contribution in [0.5, 0.6) is 0 Å². The van der Waals surface area contributed by atoms with Gasteiger partial charge in [-0.15, -0.1) is 0 Å². The van der Waals surface area contributed by atoms with Crippen molar-refractivity contribution in [2.24, 2.45) is 0 Å². The number of hydrogen-bond donors (Lipinski definition) is 3. The van der Waals surface area contributed by atoms with Gasteiger partial charge in [0.15, 0.2) is 0 Å². The number of benzene rings is 2. The van der Waals surface area contributed by atoms with Crippen LogP contribution >= 0.6 is 0 Å². The molecule has 0 aromatic heterocycles. The Morgan fingerprint density at radius 1 is 0.818 bits per heavy atom. The van der Waals surface area contributed by atoms with Gasteiger partial charge in [-0.3, -0.25) is 9.11 Å². The van der Waals surface area contributed by atoms with E-state index >= 15 is 0 Å². The first-order valence-corrected chi connectivity index (χ1v) is 8.92. The number of hydrogen-bond acceptors (Lipinski definition) is 5. The molecule has 0 atom stereocenters. The highest BCUT2D eigenvalue weighted by atomic mass is 32.2. The first-order chi connectivity index (χ1) is 10.2. The van der Waals surface area contributed by atoms with Crippen LogP contribution in [-0.4, -0.2) is 25.9 Å². The summed E-state index contributed by atoms with van der Waals surface area (Å²) in [5.74, 6) is 0. The molecule has 0 fully saturated rings. The summed E-state index contributed by atoms with van der Waals surface area (Å²) in [5.41, 5.74) is 1.21. The van der Waals surface area contributed by atoms with Crippen molar-refractivity contribution in [2.75, 3.05) is 5.32 Å². The third kappa shape index (κ3) is 4.28. The average Bonchev–Trinajstić information content (AvgIpc) is 2.44. The maximum absolute atomic E-state index is 11.0. The standard InChI is InChI=1S/C13H13NO6S2/c15-21(16,17)12-6-4-11(5-7-12)14-9-10-2-1-3-13(8-10)22(18,19)20/h1-8,14H,9H2,(H,15,16,17)(H,18,19,20). The highest BCUT2D eigenvalue weighted by Gasteiger charge is 2.10. The Morgan fingerprint density at radius 2 is 1.41 bits per heavy atom. The van der Waals surface area contributed by atoms with Crippen molar-refractivity contribution in [1.29, 1.82) is 0 Å². The second-order valence-electron chi connectivity index (χ2n) is 4.48. The summed E-state index contributed by atoms with van der Waals surface area (Å²) in [6.07, 6.45) is 0. The van der Waals surface area contributed by atoms with Gasteiger partial charge in [-0.2, -0.15) is 16.8 Å². The van der Waals surface area contributed by atoms with Crippen LogP contribution in [0.4, 0.5) is 5.69 Å². The van der Waals surface area contributed by atoms with Crippen LogP contribution in [0.1, 0.15) is 5.56 Å². The molecule has 0 radical (unpaired) electrons. The topological polar surface area (TPSA) is 121 Å². The first kappa shape index (κ1) is 16.4. The van der Waals surface area contributed by atoms with Crippen LogP contribution in [0, 0.1) is 0 Å². The van der Waals surface area contributed by atoms with Crippen molar-refractivity contribution in [1.82, 2.24) is 0 Å². The Labute approximate surface area is 128 Å². The highest BCUT2D eigenvalue weighted by molar-refractivity contribution is 7.86. The van der Waals surface area contributed by atoms with Gasteiger partial charge in [-0.1, -0.05) is 12.1 Å². The van der Waals surface area contributed by atoms with Gasteiger partial charge in [0.2, 0.25) is 0 Å². The van der Waals surface area contributed by atoms with E-state index in [0.717, 1.165) is 0 Å². The van der Waals surface area contributed by atoms with Crippen LogP contribution in [0.25, 0.3) is 0 Å². The lowest BCUT2D eigenvalue weighted by Gasteiger charge is -2.08. The summed E-state index contributed by atoms with van der Waals surface area (Å²) in [5, 5.41) is 2.97. The zero-order valence-electron chi connectivity index (χ0n) is 11.2. The van der Waals surface area contributed by atoms with E-state index in [1.165, 1.54) is 42.5 Å². The Morgan fingerprint density at radius 3 is 1.95 bits per heavy atom. The number of anilines is 1. The zero-order chi connectivity index (χ0) is 16.4. The third-order valence-electron chi connectivity index (χ3n) is 2.85. The molecule has 0 aliphatic rings. The van der Waals surface area contributed by atoms with Crippen LogP contribution in [0.15, 0.2) is 58.3 Å². The van der Waals surface area contributed by atoms with E-state index in [0.29, 0.717) is 11.3 Å². The van der Waals surface area contributed by atoms with Crippen LogP contribution in [0.3, 0.4) is 0 Å². The van der Waals surface area contributed by atoms with E-state index in [1.54, 1.807) is 6.07 Å². The summed E-state index contributed by atoms with van der Waals surface area (Å²) < 4.78 is 61.8. The minimum absolute atomic E-state index is 0.200. The average molecular weight is 343 g/mol. The fourth-order valence-corrected chi connectivity index (χ4v) is 2.80. The molecule has 118 valence electrons. The van der Waals surface area contributed by atoms with Crippen molar-refractivity contribution in [3.8, 4) is 0 Å². The summed E-state index contributed by atoms with van der Waals surface area (Å²) in [7, 11) is -8.48. The molecule has 2 rings (SSSR count). The van der Waals surface area contributed by atoms with Gasteiger partial charge in [0.25, 0.3) is 20.2 Å². The van der Waals surface area contributed by atoms with E-state index in [9.17, 15) is 16.8 Å². The van der Waals surface area contributed by atoms with Gasteiger partial charge in [0.1, 0.15) is 0 Å². The Hall–Kier alpha value is -1.94. The van der Waals surface area contributed by atoms with E-state index in [2.05, 4.69) is 5.32 Å². The van der Waals surface area contributed by atoms with Crippen molar-refractivity contribution in [2.45, 2.75) is 16.3 Å². The molecular formula is C13H13NO6S2. The molecule has 9 heteroatoms. The van der Waals surface area contributed by atoms with Gasteiger partial charge in [0, 0.05) is 12.2 Å². The lowest BCUT2D eigenvalue weighted by molar-refractivity contribution is 0.481. The van der Waals surface area contributed by atoms with Crippen LogP contribution in [-0.2, 0) is 26.8 Å². The quantitative estimate of drug-likeness (QED) is 0.708. The normalized spacial score (nSPS) is 12.1. The van der Waals surface area contributed by atoms with Crippen LogP contribution < -0.4 is 5.32 Å². The summed E-state index contributed by atoms with van der Waals surface area (Å²) >= 11 is 0. The Balaban J connectivity index is 2.11. The summed E-state index contributed by atoms with van der Waals surface area (Å²) in [6, 6.07) is 11.2. The predicted molar refractivity (Wildman–Crippen MR) is 79.8 cm³/mol. The summed E-state index contributed by atoms with van der Waals surface area (Å²) in [4.78, 5) is -0.417. The summed E-state index contributed by atoms with van der Waals surface area (Å²) in [6.45, 7) is 0.272. The fraction of sp³-hybridized carbons (Fsp3) is 0.0769. The maximum atomic E-state index is 11.0. The molecule has 0 aliphatic carbocycles. The zero-order valence-corrected chi connectivity index (χ0v) is 12.8. The minimum atomic E-state index is -4.25. The first-order valence-electron chi connectivity index (χ1n) is 6.04. The largest absolute Gasteiger partial charge is 0.381 e. The molecule has 2 aromatic carbocycles. The molecule has 0 unspecified atom stereocenters. The van der Waals surface area contributed by atoms with Gasteiger partial charge < -0.3 is 5.32 Å². The lowest BCUT2D eigenvalue weighted by atomic mass is 10.2. The van der Waals surface area contributed by atoms with Gasteiger partial charge in [-0.25, -0.2) is 0 Å². The highest BCUT2D eigenvalue weighted by Crippen LogP contribution is 2.16. The minimum Gasteiger partial charge on any atom is -0.381 e. The van der Waals surface area contributed by atoms with Crippen LogP contribution in [0.2, 0.25) is 0 Å². The fourth-order valence-electron chi connectivity index (χ4n) is 1.76. The SMILES string of the molecule is O=S(=O)(O)c1ccc(NCc2cccc(S(=O)(=O)O)c2)cc1. The van der Waals surface area contributed by atoms with E-state index in [4.69, 9.17) is 9.11 Å². The monoisotopic (exact) mass is 343 g/mol. The maximum Gasteiger partial charge on any atom is 0.294 e. The van der Waals surface area contributed by atoms with Crippen molar-refractivity contribution < 1.29 is 25.9 Å². The molecule has 2 aromatic rings. The molecule has 22 heavy (non-hydrogen) atoms. The van der Waals surface area contributed by atoms with Crippen molar-refractivity contribution in [3.05, 3.63) is 54.1 Å². The van der Waals surface area contributed by atoms with E-state index < -0.39 is 20.2 Å². The molecule has 3 N–H and O–H groups in total. The predicted octanol–water partition coefficient (Wildman–Crippen LogP) is 1.79. The van der Waals surface area contributed by atoms with Gasteiger partial charge in [0.05, 0.1) is 9.79 Å². The molecule has 0 spiro atoms. The molecule has 0 bridgehead atoms. The molecule has 7 nitrogen and oxygen atoms in total. The molecule has 0 amide bonds. The Bertz CT molecular complexity index is 873. The molecular weight excluding hydrogens is 330 g/mol. The van der Waals surface area contributed by atoms with E-state index in [1.807, 2.05) is 0 Å². The second kappa shape index (κ2) is 6.05. The molecule has 0 heterocycles. The number of rotatable bonds is 5. The lowest BCUT2D eigenvalue weighted by Crippen LogP contribution is -2.03. The molecule has 0 saturated carbocycles. The number of nitrogens with one attached hydrogen (secondary N) is 1. The molecule has 0 aliphatic heterocycles. The van der Waals surface area contributed by atoms with Crippen molar-refractivity contribution >= 4 is 25.9 Å². The van der Waals surface area contributed by atoms with Crippen molar-refractivity contribution in [3.63, 3.8) is 0 Å². The molecule has 0 saturated heterocycles.